The highest BCUT2D eigenvalue weighted by atomic mass is 16.7. The molecular weight excluding hydrogens is 358 g/mol. The Hall–Kier alpha value is -2.65. The average molecular weight is 379 g/mol. The first kappa shape index (κ1) is 19.1. The molecule has 1 amide bonds. The Morgan fingerprint density at radius 1 is 1.19 bits per heavy atom. The summed E-state index contributed by atoms with van der Waals surface area (Å²) in [6.07, 6.45) is -5.05. The molecule has 0 aromatic heterocycles. The molecule has 4 N–H and O–H groups in total. The van der Waals surface area contributed by atoms with Crippen LogP contribution in [0.15, 0.2) is 30.3 Å². The fourth-order valence-electron chi connectivity index (χ4n) is 4.15. The number of amides is 1. The van der Waals surface area contributed by atoms with Gasteiger partial charge in [-0.2, -0.15) is 0 Å². The van der Waals surface area contributed by atoms with Crippen LogP contribution in [-0.4, -0.2) is 63.8 Å². The predicted octanol–water partition coefficient (Wildman–Crippen LogP) is 0.153. The van der Waals surface area contributed by atoms with Gasteiger partial charge in [0.25, 0.3) is 5.91 Å². The third-order valence-electron chi connectivity index (χ3n) is 5.35. The Morgan fingerprint density at radius 2 is 1.85 bits per heavy atom. The number of nitrogens with one attached hydrogen (secondary N) is 1. The Balaban J connectivity index is 1.97. The van der Waals surface area contributed by atoms with Crippen LogP contribution in [0.5, 0.6) is 0 Å². The van der Waals surface area contributed by atoms with E-state index in [0.29, 0.717) is 0 Å². The van der Waals surface area contributed by atoms with Gasteiger partial charge >= 0.3 is 12.1 Å². The van der Waals surface area contributed by atoms with Gasteiger partial charge in [0.2, 0.25) is 0 Å². The zero-order valence-corrected chi connectivity index (χ0v) is 14.6. The third kappa shape index (κ3) is 3.02. The first-order chi connectivity index (χ1) is 12.8. The summed E-state index contributed by atoms with van der Waals surface area (Å²) >= 11 is 0. The molecule has 27 heavy (non-hydrogen) atoms. The van der Waals surface area contributed by atoms with E-state index in [1.165, 1.54) is 12.1 Å². The third-order valence-corrected chi connectivity index (χ3v) is 5.35. The van der Waals surface area contributed by atoms with Crippen molar-refractivity contribution in [2.75, 3.05) is 6.61 Å². The van der Waals surface area contributed by atoms with Crippen molar-refractivity contribution in [3.8, 4) is 0 Å². The van der Waals surface area contributed by atoms with Crippen LogP contribution in [0.4, 0.5) is 4.79 Å². The minimum absolute atomic E-state index is 0.0152. The van der Waals surface area contributed by atoms with Crippen molar-refractivity contribution in [1.82, 2.24) is 5.32 Å². The molecule has 6 atom stereocenters. The van der Waals surface area contributed by atoms with Crippen LogP contribution in [-0.2, 0) is 14.3 Å². The summed E-state index contributed by atoms with van der Waals surface area (Å²) in [4.78, 5) is 36.7. The lowest BCUT2D eigenvalue weighted by Gasteiger charge is -2.43. The molecule has 0 aliphatic heterocycles. The van der Waals surface area contributed by atoms with Gasteiger partial charge in [-0.15, -0.1) is 0 Å². The summed E-state index contributed by atoms with van der Waals surface area (Å²) in [5.74, 6) is -4.02. The second-order valence-electron chi connectivity index (χ2n) is 6.70. The second kappa shape index (κ2) is 7.16. The van der Waals surface area contributed by atoms with E-state index in [1.807, 2.05) is 0 Å². The molecule has 146 valence electrons. The number of carboxylic acid groups (broad SMARTS) is 1. The molecule has 0 heterocycles. The maximum Gasteiger partial charge on any atom is 0.508 e. The van der Waals surface area contributed by atoms with Crippen molar-refractivity contribution in [1.29, 1.82) is 0 Å². The lowest BCUT2D eigenvalue weighted by atomic mass is 9.75. The number of rotatable bonds is 5. The van der Waals surface area contributed by atoms with Crippen molar-refractivity contribution >= 4 is 18.0 Å². The Morgan fingerprint density at radius 3 is 2.44 bits per heavy atom. The zero-order chi connectivity index (χ0) is 19.8. The molecule has 9 heteroatoms. The summed E-state index contributed by atoms with van der Waals surface area (Å²) < 4.78 is 9.92. The molecule has 9 nitrogen and oxygen atoms in total. The molecule has 2 bridgehead atoms. The van der Waals surface area contributed by atoms with E-state index >= 15 is 0 Å². The Labute approximate surface area is 154 Å². The van der Waals surface area contributed by atoms with Crippen LogP contribution >= 0.6 is 0 Å². The van der Waals surface area contributed by atoms with E-state index in [0.717, 1.165) is 0 Å². The molecule has 0 saturated heterocycles. The van der Waals surface area contributed by atoms with Crippen LogP contribution in [0.3, 0.4) is 0 Å². The monoisotopic (exact) mass is 379 g/mol. The minimum atomic E-state index is -2.08. The molecule has 2 fully saturated rings. The van der Waals surface area contributed by atoms with Crippen molar-refractivity contribution in [3.63, 3.8) is 0 Å². The van der Waals surface area contributed by atoms with Gasteiger partial charge in [-0.1, -0.05) is 18.2 Å². The van der Waals surface area contributed by atoms with Crippen LogP contribution < -0.4 is 5.32 Å². The maximum absolute atomic E-state index is 12.6. The number of hydrogen-bond donors (Lipinski definition) is 4. The minimum Gasteiger partial charge on any atom is -0.479 e. The van der Waals surface area contributed by atoms with Gasteiger partial charge in [-0.25, -0.2) is 9.59 Å². The summed E-state index contributed by atoms with van der Waals surface area (Å²) in [6.45, 7) is 1.57. The van der Waals surface area contributed by atoms with Gasteiger partial charge in [0.05, 0.1) is 18.8 Å². The van der Waals surface area contributed by atoms with Crippen LogP contribution in [0.25, 0.3) is 0 Å². The number of hydrogen-bond acceptors (Lipinski definition) is 7. The van der Waals surface area contributed by atoms with E-state index < -0.39 is 53.7 Å². The fraction of sp³-hybridized carbons (Fsp3) is 0.500. The van der Waals surface area contributed by atoms with Crippen molar-refractivity contribution in [2.24, 2.45) is 11.8 Å². The highest BCUT2D eigenvalue weighted by Gasteiger charge is 2.72. The molecule has 0 radical (unpaired) electrons. The average Bonchev–Trinajstić information content (AvgIpc) is 3.11. The van der Waals surface area contributed by atoms with Crippen LogP contribution in [0, 0.1) is 11.8 Å². The molecule has 0 spiro atoms. The summed E-state index contributed by atoms with van der Waals surface area (Å²) in [5.41, 5.74) is -1.87. The second-order valence-corrected chi connectivity index (χ2v) is 6.70. The highest BCUT2D eigenvalue weighted by molar-refractivity contribution is 5.98. The quantitative estimate of drug-likeness (QED) is 0.530. The Bertz CT molecular complexity index is 738. The standard InChI is InChI=1S/C18H21NO8/c1-2-26-17(25)27-14-10-8-11(13(21)12(10)20)18(14,16(23)24)19-15(22)9-6-4-3-5-7-9/h3-7,10-14,20-21H,2,8H2,1H3,(H,19,22)(H,23,24)/t10-,11+,12+,13-,14-,18+/m1/s1. The maximum atomic E-state index is 12.6. The van der Waals surface area contributed by atoms with Gasteiger partial charge < -0.3 is 30.1 Å². The number of aliphatic hydroxyl groups excluding tert-OH is 2. The number of carboxylic acids is 1. The zero-order valence-electron chi connectivity index (χ0n) is 14.6. The van der Waals surface area contributed by atoms with Gasteiger partial charge in [-0.05, 0) is 25.5 Å². The SMILES string of the molecule is CCOC(=O)O[C@@H]1[C@@H]2C[C@@H]([C@@H](O)[C@H]2O)[C@@]1(NC(=O)c1ccccc1)C(=O)O. The first-order valence-electron chi connectivity index (χ1n) is 8.63. The Kier molecular flexibility index (Phi) is 5.07. The smallest absolute Gasteiger partial charge is 0.479 e. The lowest BCUT2D eigenvalue weighted by molar-refractivity contribution is -0.166. The number of aliphatic hydroxyl groups is 2. The molecule has 0 unspecified atom stereocenters. The summed E-state index contributed by atoms with van der Waals surface area (Å²) in [5, 5.41) is 32.9. The molecule has 2 aliphatic rings. The van der Waals surface area contributed by atoms with Gasteiger partial charge in [0, 0.05) is 17.4 Å². The predicted molar refractivity (Wildman–Crippen MR) is 89.8 cm³/mol. The molecular formula is C18H21NO8. The largest absolute Gasteiger partial charge is 0.508 e. The molecule has 1 aromatic carbocycles. The number of carbonyl (C=O) groups excluding carboxylic acids is 2. The summed E-state index contributed by atoms with van der Waals surface area (Å²) in [7, 11) is 0. The van der Waals surface area contributed by atoms with Crippen molar-refractivity contribution < 1.29 is 39.2 Å². The van der Waals surface area contributed by atoms with Crippen LogP contribution in [0.2, 0.25) is 0 Å². The van der Waals surface area contributed by atoms with Crippen molar-refractivity contribution in [3.05, 3.63) is 35.9 Å². The number of ether oxygens (including phenoxy) is 2. The fourth-order valence-corrected chi connectivity index (χ4v) is 4.15. The molecule has 3 rings (SSSR count). The van der Waals surface area contributed by atoms with E-state index in [4.69, 9.17) is 9.47 Å². The van der Waals surface area contributed by atoms with Crippen LogP contribution in [0.1, 0.15) is 23.7 Å². The molecule has 2 aliphatic carbocycles. The molecule has 1 aromatic rings. The van der Waals surface area contributed by atoms with E-state index in [9.17, 15) is 29.7 Å². The van der Waals surface area contributed by atoms with E-state index in [-0.39, 0.29) is 18.6 Å². The van der Waals surface area contributed by atoms with E-state index in [2.05, 4.69) is 5.32 Å². The molecule has 2 saturated carbocycles. The summed E-state index contributed by atoms with van der Waals surface area (Å²) in [6, 6.07) is 7.95. The normalized spacial score (nSPS) is 34.1. The van der Waals surface area contributed by atoms with E-state index in [1.54, 1.807) is 25.1 Å². The number of carbonyl (C=O) groups is 3. The van der Waals surface area contributed by atoms with Crippen molar-refractivity contribution in [2.45, 2.75) is 37.2 Å². The topological polar surface area (TPSA) is 142 Å². The number of fused-ring (bicyclic) bond motifs is 2. The van der Waals surface area contributed by atoms with Gasteiger partial charge in [0.1, 0.15) is 6.10 Å². The number of aliphatic carboxylic acids is 1. The number of benzene rings is 1. The first-order valence-corrected chi connectivity index (χ1v) is 8.63. The highest BCUT2D eigenvalue weighted by Crippen LogP contribution is 2.52. The van der Waals surface area contributed by atoms with Gasteiger partial charge in [-0.3, -0.25) is 4.79 Å². The van der Waals surface area contributed by atoms with Gasteiger partial charge in [0.15, 0.2) is 5.54 Å². The lowest BCUT2D eigenvalue weighted by Crippen LogP contribution is -2.70.